The molecule has 0 aliphatic rings. The molecule has 1 unspecified atom stereocenters. The van der Waals surface area contributed by atoms with Gasteiger partial charge in [0.25, 0.3) is 0 Å². The number of amides is 1. The molecule has 5 heteroatoms. The van der Waals surface area contributed by atoms with E-state index in [9.17, 15) is 4.79 Å². The molecule has 2 N–H and O–H groups in total. The van der Waals surface area contributed by atoms with Gasteiger partial charge in [0.1, 0.15) is 6.04 Å². The SMILES string of the molecule is B.CPN([C@@H](C(N)=O)c1ccccc1)C(C)(C)C. The van der Waals surface area contributed by atoms with Crippen molar-refractivity contribution in [1.29, 1.82) is 0 Å². The minimum absolute atomic E-state index is 0. The van der Waals surface area contributed by atoms with E-state index in [1.54, 1.807) is 0 Å². The first kappa shape index (κ1) is 17.1. The number of rotatable bonds is 4. The molecule has 1 aromatic carbocycles. The molecule has 0 radical (unpaired) electrons. The Balaban J connectivity index is 0.00000289. The van der Waals surface area contributed by atoms with Gasteiger partial charge in [0.15, 0.2) is 0 Å². The predicted molar refractivity (Wildman–Crippen MR) is 84.1 cm³/mol. The summed E-state index contributed by atoms with van der Waals surface area (Å²) in [7, 11) is 0.531. The third-order valence-electron chi connectivity index (χ3n) is 2.61. The van der Waals surface area contributed by atoms with Crippen molar-refractivity contribution >= 4 is 23.1 Å². The molecule has 0 aliphatic carbocycles. The lowest BCUT2D eigenvalue weighted by Crippen LogP contribution is -2.43. The summed E-state index contributed by atoms with van der Waals surface area (Å²) >= 11 is 0. The van der Waals surface area contributed by atoms with E-state index < -0.39 is 0 Å². The van der Waals surface area contributed by atoms with Gasteiger partial charge >= 0.3 is 0 Å². The minimum Gasteiger partial charge on any atom is -0.368 e. The van der Waals surface area contributed by atoms with Crippen molar-refractivity contribution < 1.29 is 4.79 Å². The minimum atomic E-state index is -0.348. The molecule has 0 aromatic heterocycles. The topological polar surface area (TPSA) is 46.3 Å². The molecule has 1 rings (SSSR count). The standard InChI is InChI=1S/C13H21N2OP.BH3/c1-13(2,3)15(17-4)11(12(14)16)10-8-6-5-7-9-10;/h5-9,11,17H,1-4H3,(H2,14,16);1H3/t11-;/m1./s1. The molecular formula is C13H24BN2OP. The lowest BCUT2D eigenvalue weighted by molar-refractivity contribution is -0.122. The number of nitrogens with zero attached hydrogens (tertiary/aromatic N) is 1. The van der Waals surface area contributed by atoms with E-state index in [0.717, 1.165) is 5.56 Å². The van der Waals surface area contributed by atoms with Crippen LogP contribution in [0.2, 0.25) is 0 Å². The Kier molecular flexibility index (Phi) is 6.58. The van der Waals surface area contributed by atoms with Crippen LogP contribution >= 0.6 is 8.73 Å². The van der Waals surface area contributed by atoms with Crippen molar-refractivity contribution in [3.05, 3.63) is 35.9 Å². The third kappa shape index (κ3) is 4.11. The van der Waals surface area contributed by atoms with Crippen LogP contribution < -0.4 is 5.73 Å². The van der Waals surface area contributed by atoms with Crippen molar-refractivity contribution in [2.75, 3.05) is 6.66 Å². The summed E-state index contributed by atoms with van der Waals surface area (Å²) in [5.74, 6) is -0.291. The quantitative estimate of drug-likeness (QED) is 0.660. The summed E-state index contributed by atoms with van der Waals surface area (Å²) in [5, 5.41) is 0. The first-order valence-corrected chi connectivity index (χ1v) is 7.13. The number of hydrogen-bond acceptors (Lipinski definition) is 2. The fraction of sp³-hybridized carbons (Fsp3) is 0.462. The van der Waals surface area contributed by atoms with Gasteiger partial charge in [0.05, 0.1) is 8.41 Å². The van der Waals surface area contributed by atoms with Crippen molar-refractivity contribution in [2.45, 2.75) is 32.4 Å². The molecule has 1 amide bonds. The van der Waals surface area contributed by atoms with Crippen LogP contribution in [-0.2, 0) is 4.79 Å². The van der Waals surface area contributed by atoms with E-state index in [1.165, 1.54) is 0 Å². The smallest absolute Gasteiger partial charge is 0.239 e. The molecule has 0 saturated carbocycles. The highest BCUT2D eigenvalue weighted by atomic mass is 31.1. The fourth-order valence-electron chi connectivity index (χ4n) is 1.93. The summed E-state index contributed by atoms with van der Waals surface area (Å²) in [6.07, 6.45) is 0. The average molecular weight is 266 g/mol. The second-order valence-corrected chi connectivity index (χ2v) is 5.91. The van der Waals surface area contributed by atoms with Gasteiger partial charge in [-0.25, -0.2) is 0 Å². The van der Waals surface area contributed by atoms with E-state index >= 15 is 0 Å². The molecule has 18 heavy (non-hydrogen) atoms. The van der Waals surface area contributed by atoms with Crippen LogP contribution in [0.25, 0.3) is 0 Å². The van der Waals surface area contributed by atoms with Gasteiger partial charge in [-0.1, -0.05) is 39.1 Å². The Bertz CT molecular complexity index is 378. The molecule has 3 nitrogen and oxygen atoms in total. The lowest BCUT2D eigenvalue weighted by atomic mass is 10.0. The maximum absolute atomic E-state index is 11.7. The second-order valence-electron chi connectivity index (χ2n) is 4.98. The van der Waals surface area contributed by atoms with Crippen LogP contribution in [0.3, 0.4) is 0 Å². The molecule has 0 spiro atoms. The second kappa shape index (κ2) is 6.91. The predicted octanol–water partition coefficient (Wildman–Crippen LogP) is 1.35. The van der Waals surface area contributed by atoms with E-state index in [2.05, 4.69) is 32.1 Å². The Morgan fingerprint density at radius 3 is 2.11 bits per heavy atom. The first-order valence-electron chi connectivity index (χ1n) is 5.69. The van der Waals surface area contributed by atoms with E-state index in [4.69, 9.17) is 5.73 Å². The summed E-state index contributed by atoms with van der Waals surface area (Å²) in [6, 6.07) is 9.37. The summed E-state index contributed by atoms with van der Waals surface area (Å²) in [6.45, 7) is 8.37. The number of hydrogen-bond donors (Lipinski definition) is 1. The van der Waals surface area contributed by atoms with Crippen molar-refractivity contribution in [3.63, 3.8) is 0 Å². The van der Waals surface area contributed by atoms with Gasteiger partial charge in [0, 0.05) is 5.54 Å². The number of nitrogens with two attached hydrogens (primary N) is 1. The molecule has 0 fully saturated rings. The van der Waals surface area contributed by atoms with Gasteiger partial charge in [0.2, 0.25) is 5.91 Å². The molecule has 0 heterocycles. The van der Waals surface area contributed by atoms with Gasteiger partial charge in [-0.2, -0.15) is 0 Å². The molecule has 0 aliphatic heterocycles. The Hall–Kier alpha value is -0.855. The van der Waals surface area contributed by atoms with Gasteiger partial charge in [-0.3, -0.25) is 9.46 Å². The Morgan fingerprint density at radius 1 is 1.28 bits per heavy atom. The van der Waals surface area contributed by atoms with Crippen LogP contribution in [0.15, 0.2) is 30.3 Å². The normalized spacial score (nSPS) is 13.6. The van der Waals surface area contributed by atoms with Crippen LogP contribution in [0, 0.1) is 0 Å². The van der Waals surface area contributed by atoms with Crippen LogP contribution in [0.4, 0.5) is 0 Å². The maximum atomic E-state index is 11.7. The first-order chi connectivity index (χ1) is 7.88. The molecule has 1 aromatic rings. The van der Waals surface area contributed by atoms with Gasteiger partial charge in [-0.15, -0.1) is 0 Å². The molecular weight excluding hydrogens is 242 g/mol. The van der Waals surface area contributed by atoms with Crippen LogP contribution in [0.1, 0.15) is 32.4 Å². The largest absolute Gasteiger partial charge is 0.368 e. The Labute approximate surface area is 114 Å². The van der Waals surface area contributed by atoms with E-state index in [1.807, 2.05) is 30.3 Å². The highest BCUT2D eigenvalue weighted by Crippen LogP contribution is 2.36. The van der Waals surface area contributed by atoms with Gasteiger partial charge in [-0.05, 0) is 33.0 Å². The summed E-state index contributed by atoms with van der Waals surface area (Å²) in [5.41, 5.74) is 6.45. The zero-order chi connectivity index (χ0) is 13.1. The monoisotopic (exact) mass is 266 g/mol. The average Bonchev–Trinajstić information content (AvgIpc) is 2.24. The highest BCUT2D eigenvalue weighted by molar-refractivity contribution is 7.34. The third-order valence-corrected chi connectivity index (χ3v) is 4.02. The molecule has 0 bridgehead atoms. The number of carbonyl (C=O) groups excluding carboxylic acids is 1. The molecule has 2 atom stereocenters. The van der Waals surface area contributed by atoms with Crippen molar-refractivity contribution in [1.82, 2.24) is 4.67 Å². The summed E-state index contributed by atoms with van der Waals surface area (Å²) in [4.78, 5) is 11.7. The number of benzene rings is 1. The van der Waals surface area contributed by atoms with Crippen molar-refractivity contribution in [3.8, 4) is 0 Å². The highest BCUT2D eigenvalue weighted by Gasteiger charge is 2.32. The van der Waals surface area contributed by atoms with E-state index in [0.29, 0.717) is 8.73 Å². The fourth-order valence-corrected chi connectivity index (χ4v) is 3.13. The maximum Gasteiger partial charge on any atom is 0.239 e. The van der Waals surface area contributed by atoms with E-state index in [-0.39, 0.29) is 25.9 Å². The number of carbonyl (C=O) groups is 1. The Morgan fingerprint density at radius 2 is 1.78 bits per heavy atom. The zero-order valence-electron chi connectivity index (χ0n) is 10.9. The van der Waals surface area contributed by atoms with Crippen LogP contribution in [-0.4, -0.2) is 31.2 Å². The zero-order valence-corrected chi connectivity index (χ0v) is 11.9. The molecule has 0 saturated heterocycles. The van der Waals surface area contributed by atoms with Crippen LogP contribution in [0.5, 0.6) is 0 Å². The van der Waals surface area contributed by atoms with Gasteiger partial charge < -0.3 is 5.73 Å². The lowest BCUT2D eigenvalue weighted by Gasteiger charge is -2.39. The summed E-state index contributed by atoms with van der Waals surface area (Å²) < 4.78 is 2.14. The van der Waals surface area contributed by atoms with Crippen molar-refractivity contribution in [2.24, 2.45) is 5.73 Å². The number of primary amides is 1. The molecule has 100 valence electrons.